The fourth-order valence-corrected chi connectivity index (χ4v) is 3.24. The first-order valence-electron chi connectivity index (χ1n) is 6.80. The molecule has 0 radical (unpaired) electrons. The Hall–Kier alpha value is -2.25. The Kier molecular flexibility index (Phi) is 5.36. The topological polar surface area (TPSA) is 81.7 Å². The second-order valence-corrected chi connectivity index (χ2v) is 7.30. The zero-order valence-electron chi connectivity index (χ0n) is 13.3. The van der Waals surface area contributed by atoms with Crippen molar-refractivity contribution >= 4 is 33.0 Å². The summed E-state index contributed by atoms with van der Waals surface area (Å²) < 4.78 is 34.0. The van der Waals surface area contributed by atoms with E-state index in [0.717, 1.165) is 6.26 Å². The predicted octanol–water partition coefficient (Wildman–Crippen LogP) is 3.01. The number of carbonyl (C=O) groups is 1. The molecule has 8 heteroatoms. The first kappa shape index (κ1) is 18.1. The number of amides is 1. The smallest absolute Gasteiger partial charge is 0.257 e. The lowest BCUT2D eigenvalue weighted by Gasteiger charge is -2.14. The van der Waals surface area contributed by atoms with Gasteiger partial charge in [0.1, 0.15) is 11.5 Å². The molecule has 0 saturated carbocycles. The highest BCUT2D eigenvalue weighted by Gasteiger charge is 2.20. The Bertz CT molecular complexity index is 880. The number of sulfone groups is 1. The number of nitrogens with one attached hydrogen (secondary N) is 1. The largest absolute Gasteiger partial charge is 0.495 e. The normalized spacial score (nSPS) is 11.0. The highest BCUT2D eigenvalue weighted by atomic mass is 35.5. The summed E-state index contributed by atoms with van der Waals surface area (Å²) in [7, 11) is -0.672. The van der Waals surface area contributed by atoms with Gasteiger partial charge >= 0.3 is 0 Å². The summed E-state index contributed by atoms with van der Waals surface area (Å²) in [5.74, 6) is 0.0915. The van der Waals surface area contributed by atoms with Crippen molar-refractivity contribution in [1.29, 1.82) is 0 Å². The van der Waals surface area contributed by atoms with Crippen LogP contribution in [0.3, 0.4) is 0 Å². The van der Waals surface area contributed by atoms with Crippen LogP contribution in [0, 0.1) is 0 Å². The Morgan fingerprint density at radius 1 is 1.08 bits per heavy atom. The van der Waals surface area contributed by atoms with Gasteiger partial charge < -0.3 is 14.8 Å². The third-order valence-electron chi connectivity index (χ3n) is 3.25. The van der Waals surface area contributed by atoms with Gasteiger partial charge in [-0.05, 0) is 12.1 Å². The van der Waals surface area contributed by atoms with Gasteiger partial charge in [0.05, 0.1) is 35.4 Å². The molecule has 0 unspecified atom stereocenters. The Labute approximate surface area is 145 Å². The van der Waals surface area contributed by atoms with Crippen LogP contribution in [0.2, 0.25) is 5.02 Å². The average molecular weight is 370 g/mol. The van der Waals surface area contributed by atoms with Crippen LogP contribution < -0.4 is 14.8 Å². The Morgan fingerprint density at radius 3 is 2.29 bits per heavy atom. The molecule has 0 aliphatic heterocycles. The van der Waals surface area contributed by atoms with Crippen LogP contribution in [-0.2, 0) is 9.84 Å². The van der Waals surface area contributed by atoms with E-state index in [2.05, 4.69) is 5.32 Å². The van der Waals surface area contributed by atoms with Gasteiger partial charge in [0, 0.05) is 18.4 Å². The minimum Gasteiger partial charge on any atom is -0.495 e. The molecular formula is C16H16ClNO5S. The third kappa shape index (κ3) is 3.80. The van der Waals surface area contributed by atoms with Gasteiger partial charge in [0.15, 0.2) is 9.84 Å². The lowest BCUT2D eigenvalue weighted by Crippen LogP contribution is -2.16. The molecule has 0 saturated heterocycles. The second-order valence-electron chi connectivity index (χ2n) is 4.91. The standard InChI is InChI=1S/C16H16ClNO5S/c1-22-13-9-12(14(23-2)8-11(13)17)18-16(19)10-6-4-5-7-15(10)24(3,20)21/h4-9H,1-3H3,(H,18,19). The summed E-state index contributed by atoms with van der Waals surface area (Å²) in [6.07, 6.45) is 1.05. The molecule has 1 N–H and O–H groups in total. The SMILES string of the molecule is COc1cc(NC(=O)c2ccccc2S(C)(=O)=O)c(OC)cc1Cl. The van der Waals surface area contributed by atoms with Crippen LogP contribution in [0.25, 0.3) is 0 Å². The Balaban J connectivity index is 2.45. The van der Waals surface area contributed by atoms with Crippen molar-refractivity contribution in [3.8, 4) is 11.5 Å². The van der Waals surface area contributed by atoms with Crippen molar-refractivity contribution in [3.63, 3.8) is 0 Å². The van der Waals surface area contributed by atoms with Gasteiger partial charge in [-0.3, -0.25) is 4.79 Å². The summed E-state index contributed by atoms with van der Waals surface area (Å²) in [5, 5.41) is 2.95. The Morgan fingerprint density at radius 2 is 1.71 bits per heavy atom. The van der Waals surface area contributed by atoms with Crippen molar-refractivity contribution in [2.75, 3.05) is 25.8 Å². The zero-order valence-corrected chi connectivity index (χ0v) is 14.9. The number of rotatable bonds is 5. The van der Waals surface area contributed by atoms with Gasteiger partial charge in [0.2, 0.25) is 0 Å². The molecule has 0 bridgehead atoms. The molecule has 24 heavy (non-hydrogen) atoms. The van der Waals surface area contributed by atoms with E-state index in [9.17, 15) is 13.2 Å². The molecule has 0 heterocycles. The number of halogens is 1. The molecule has 0 aliphatic rings. The number of benzene rings is 2. The van der Waals surface area contributed by atoms with Crippen LogP contribution in [0.4, 0.5) is 5.69 Å². The van der Waals surface area contributed by atoms with E-state index < -0.39 is 15.7 Å². The number of hydrogen-bond donors (Lipinski definition) is 1. The molecule has 0 aliphatic carbocycles. The molecule has 1 amide bonds. The van der Waals surface area contributed by atoms with Crippen LogP contribution in [0.1, 0.15) is 10.4 Å². The zero-order chi connectivity index (χ0) is 17.9. The lowest BCUT2D eigenvalue weighted by molar-refractivity contribution is 0.102. The molecule has 2 rings (SSSR count). The highest BCUT2D eigenvalue weighted by molar-refractivity contribution is 7.90. The van der Waals surface area contributed by atoms with E-state index in [4.69, 9.17) is 21.1 Å². The summed E-state index contributed by atoms with van der Waals surface area (Å²) in [5.41, 5.74) is 0.350. The molecule has 0 fully saturated rings. The second kappa shape index (κ2) is 7.11. The molecular weight excluding hydrogens is 354 g/mol. The fraction of sp³-hybridized carbons (Fsp3) is 0.188. The van der Waals surface area contributed by atoms with E-state index >= 15 is 0 Å². The monoisotopic (exact) mass is 369 g/mol. The number of methoxy groups -OCH3 is 2. The maximum Gasteiger partial charge on any atom is 0.257 e. The minimum absolute atomic E-state index is 0.0379. The van der Waals surface area contributed by atoms with Gasteiger partial charge in [-0.25, -0.2) is 8.42 Å². The van der Waals surface area contributed by atoms with Crippen molar-refractivity contribution in [2.45, 2.75) is 4.90 Å². The van der Waals surface area contributed by atoms with E-state index in [-0.39, 0.29) is 10.5 Å². The first-order chi connectivity index (χ1) is 11.3. The van der Waals surface area contributed by atoms with Crippen molar-refractivity contribution in [3.05, 3.63) is 47.0 Å². The van der Waals surface area contributed by atoms with Gasteiger partial charge in [0.25, 0.3) is 5.91 Å². The van der Waals surface area contributed by atoms with Gasteiger partial charge in [-0.15, -0.1) is 0 Å². The molecule has 2 aromatic carbocycles. The maximum absolute atomic E-state index is 12.5. The van der Waals surface area contributed by atoms with Crippen molar-refractivity contribution in [1.82, 2.24) is 0 Å². The van der Waals surface area contributed by atoms with E-state index in [0.29, 0.717) is 22.2 Å². The maximum atomic E-state index is 12.5. The fourth-order valence-electron chi connectivity index (χ4n) is 2.13. The van der Waals surface area contributed by atoms with Gasteiger partial charge in [-0.1, -0.05) is 23.7 Å². The summed E-state index contributed by atoms with van der Waals surface area (Å²) in [4.78, 5) is 12.5. The molecule has 0 atom stereocenters. The molecule has 0 aromatic heterocycles. The molecule has 6 nitrogen and oxygen atoms in total. The molecule has 0 spiro atoms. The third-order valence-corrected chi connectivity index (χ3v) is 4.70. The van der Waals surface area contributed by atoms with Crippen molar-refractivity contribution < 1.29 is 22.7 Å². The van der Waals surface area contributed by atoms with E-state index in [1.165, 1.54) is 38.5 Å². The number of carbonyl (C=O) groups excluding carboxylic acids is 1. The molecule has 128 valence electrons. The first-order valence-corrected chi connectivity index (χ1v) is 9.06. The summed E-state index contributed by atoms with van der Waals surface area (Å²) in [6, 6.07) is 8.96. The van der Waals surface area contributed by atoms with Crippen LogP contribution >= 0.6 is 11.6 Å². The quantitative estimate of drug-likeness (QED) is 0.876. The van der Waals surface area contributed by atoms with E-state index in [1.807, 2.05) is 0 Å². The lowest BCUT2D eigenvalue weighted by atomic mass is 10.2. The summed E-state index contributed by atoms with van der Waals surface area (Å²) in [6.45, 7) is 0. The van der Waals surface area contributed by atoms with Crippen LogP contribution in [0.15, 0.2) is 41.3 Å². The predicted molar refractivity (Wildman–Crippen MR) is 92.1 cm³/mol. The number of ether oxygens (including phenoxy) is 2. The van der Waals surface area contributed by atoms with Gasteiger partial charge in [-0.2, -0.15) is 0 Å². The number of hydrogen-bond acceptors (Lipinski definition) is 5. The minimum atomic E-state index is -3.54. The van der Waals surface area contributed by atoms with E-state index in [1.54, 1.807) is 12.1 Å². The van der Waals surface area contributed by atoms with Crippen LogP contribution in [-0.4, -0.2) is 34.8 Å². The highest BCUT2D eigenvalue weighted by Crippen LogP contribution is 2.36. The average Bonchev–Trinajstić information content (AvgIpc) is 2.55. The molecule has 2 aromatic rings. The number of anilines is 1. The van der Waals surface area contributed by atoms with Crippen LogP contribution in [0.5, 0.6) is 11.5 Å². The summed E-state index contributed by atoms with van der Waals surface area (Å²) >= 11 is 6.02. The van der Waals surface area contributed by atoms with Crippen molar-refractivity contribution in [2.24, 2.45) is 0 Å².